The van der Waals surface area contributed by atoms with Crippen molar-refractivity contribution in [1.82, 2.24) is 0 Å². The first-order chi connectivity index (χ1) is 38.0. The van der Waals surface area contributed by atoms with Gasteiger partial charge in [0.15, 0.2) is 6.10 Å². The van der Waals surface area contributed by atoms with Crippen molar-refractivity contribution in [3.05, 3.63) is 97.2 Å². The van der Waals surface area contributed by atoms with Crippen LogP contribution in [-0.2, 0) is 28.6 Å². The second-order valence-corrected chi connectivity index (χ2v) is 21.6. The van der Waals surface area contributed by atoms with Gasteiger partial charge in [0.1, 0.15) is 13.2 Å². The first-order valence-corrected chi connectivity index (χ1v) is 32.7. The molecule has 0 heterocycles. The highest BCUT2D eigenvalue weighted by Gasteiger charge is 2.19. The molecular weight excluding hydrogens is 949 g/mol. The molecule has 0 amide bonds. The number of hydrogen-bond donors (Lipinski definition) is 0. The molecule has 0 rings (SSSR count). The number of ether oxygens (including phenoxy) is 3. The minimum Gasteiger partial charge on any atom is -0.462 e. The Morgan fingerprint density at radius 1 is 0.273 bits per heavy atom. The molecule has 0 saturated heterocycles. The van der Waals surface area contributed by atoms with Crippen molar-refractivity contribution in [3.8, 4) is 0 Å². The number of carbonyl (C=O) groups is 3. The van der Waals surface area contributed by atoms with Gasteiger partial charge in [-0.3, -0.25) is 14.4 Å². The van der Waals surface area contributed by atoms with Gasteiger partial charge >= 0.3 is 17.9 Å². The number of unbranched alkanes of at least 4 members (excludes halogenated alkanes) is 32. The maximum Gasteiger partial charge on any atom is 0.306 e. The molecule has 0 aromatic rings. The lowest BCUT2D eigenvalue weighted by molar-refractivity contribution is -0.167. The van der Waals surface area contributed by atoms with Gasteiger partial charge < -0.3 is 14.2 Å². The summed E-state index contributed by atoms with van der Waals surface area (Å²) in [5, 5.41) is 0. The molecule has 1 unspecified atom stereocenters. The average molecular weight is 1070 g/mol. The van der Waals surface area contributed by atoms with Crippen LogP contribution in [0.3, 0.4) is 0 Å². The summed E-state index contributed by atoms with van der Waals surface area (Å²) in [6, 6.07) is 0. The van der Waals surface area contributed by atoms with Crippen LogP contribution in [0.5, 0.6) is 0 Å². The lowest BCUT2D eigenvalue weighted by Crippen LogP contribution is -2.30. The van der Waals surface area contributed by atoms with Gasteiger partial charge in [0.05, 0.1) is 0 Å². The van der Waals surface area contributed by atoms with E-state index in [1.807, 2.05) is 0 Å². The molecule has 0 spiro atoms. The fourth-order valence-electron chi connectivity index (χ4n) is 9.15. The Bertz CT molecular complexity index is 1510. The molecule has 0 bridgehead atoms. The molecule has 0 radical (unpaired) electrons. The van der Waals surface area contributed by atoms with Gasteiger partial charge in [0.25, 0.3) is 0 Å². The number of rotatable bonds is 59. The van der Waals surface area contributed by atoms with E-state index in [-0.39, 0.29) is 31.1 Å². The van der Waals surface area contributed by atoms with E-state index >= 15 is 0 Å². The van der Waals surface area contributed by atoms with E-state index < -0.39 is 6.10 Å². The zero-order chi connectivity index (χ0) is 55.7. The standard InChI is InChI=1S/C71H122O6/c1-4-7-10-13-16-19-22-25-27-29-31-32-33-34-35-36-37-38-40-41-43-46-49-52-55-58-61-64-70(73)76-67-68(66-75-69(72)63-60-57-54-51-48-45-24-21-18-15-12-9-6-3)77-71(74)65-62-59-56-53-50-47-44-42-39-30-28-26-23-20-17-14-11-8-5-2/h8,11-12,15,17,20-22,24-26,28-29,31,39,42,68H,4-7,9-10,13-14,16,18-19,23,27,30,32-38,40-41,43-67H2,1-3H3/b11-8-,15-12-,20-17-,24-21-,25-22-,28-26-,31-29-,42-39-. The SMILES string of the molecule is CC/C=C\C/C=C\C/C=C\C/C=C\CCCCCCCCC(=O)OC(COC(=O)CCCCCCC/C=C\C/C=C\CCC)COC(=O)CCCCCCCCCCCCCCCCC/C=C\C/C=C\CCCCCCC. The van der Waals surface area contributed by atoms with Crippen molar-refractivity contribution in [2.75, 3.05) is 13.2 Å². The summed E-state index contributed by atoms with van der Waals surface area (Å²) in [7, 11) is 0. The van der Waals surface area contributed by atoms with E-state index in [1.165, 1.54) is 141 Å². The van der Waals surface area contributed by atoms with Crippen LogP contribution in [0.1, 0.15) is 316 Å². The second-order valence-electron chi connectivity index (χ2n) is 21.6. The molecule has 442 valence electrons. The van der Waals surface area contributed by atoms with Gasteiger partial charge in [-0.15, -0.1) is 0 Å². The van der Waals surface area contributed by atoms with Crippen molar-refractivity contribution in [1.29, 1.82) is 0 Å². The number of allylic oxidation sites excluding steroid dienone is 16. The van der Waals surface area contributed by atoms with Gasteiger partial charge in [0, 0.05) is 19.3 Å². The van der Waals surface area contributed by atoms with Gasteiger partial charge in [-0.25, -0.2) is 0 Å². The summed E-state index contributed by atoms with van der Waals surface area (Å²) in [6.07, 6.45) is 87.1. The van der Waals surface area contributed by atoms with Crippen LogP contribution < -0.4 is 0 Å². The summed E-state index contributed by atoms with van der Waals surface area (Å²) < 4.78 is 16.9. The maximum atomic E-state index is 12.9. The predicted octanol–water partition coefficient (Wildman–Crippen LogP) is 22.4. The van der Waals surface area contributed by atoms with E-state index in [0.717, 1.165) is 135 Å². The normalized spacial score (nSPS) is 12.7. The van der Waals surface area contributed by atoms with Crippen LogP contribution >= 0.6 is 0 Å². The van der Waals surface area contributed by atoms with E-state index in [4.69, 9.17) is 14.2 Å². The zero-order valence-electron chi connectivity index (χ0n) is 50.7. The summed E-state index contributed by atoms with van der Waals surface area (Å²) >= 11 is 0. The topological polar surface area (TPSA) is 78.9 Å². The Balaban J connectivity index is 4.29. The van der Waals surface area contributed by atoms with E-state index in [0.29, 0.717) is 19.3 Å². The molecule has 0 aliphatic heterocycles. The molecular formula is C71H122O6. The second kappa shape index (κ2) is 64.9. The van der Waals surface area contributed by atoms with Crippen molar-refractivity contribution in [2.24, 2.45) is 0 Å². The Morgan fingerprint density at radius 3 is 0.844 bits per heavy atom. The smallest absolute Gasteiger partial charge is 0.306 e. The van der Waals surface area contributed by atoms with Gasteiger partial charge in [-0.05, 0) is 116 Å². The highest BCUT2D eigenvalue weighted by molar-refractivity contribution is 5.71. The monoisotopic (exact) mass is 1070 g/mol. The molecule has 0 N–H and O–H groups in total. The summed E-state index contributed by atoms with van der Waals surface area (Å²) in [5.74, 6) is -0.906. The molecule has 0 aromatic carbocycles. The molecule has 0 aromatic heterocycles. The molecule has 0 aliphatic carbocycles. The van der Waals surface area contributed by atoms with Crippen LogP contribution in [0.25, 0.3) is 0 Å². The third-order valence-electron chi connectivity index (χ3n) is 14.0. The predicted molar refractivity (Wildman–Crippen MR) is 334 cm³/mol. The Labute approximate surface area is 477 Å². The van der Waals surface area contributed by atoms with Crippen molar-refractivity contribution >= 4 is 17.9 Å². The number of esters is 3. The third kappa shape index (κ3) is 63.0. The number of hydrogen-bond acceptors (Lipinski definition) is 6. The fraction of sp³-hybridized carbons (Fsp3) is 0.732. The summed E-state index contributed by atoms with van der Waals surface area (Å²) in [4.78, 5) is 38.3. The van der Waals surface area contributed by atoms with Crippen LogP contribution in [0.4, 0.5) is 0 Å². The maximum absolute atomic E-state index is 12.9. The van der Waals surface area contributed by atoms with Gasteiger partial charge in [-0.2, -0.15) is 0 Å². The van der Waals surface area contributed by atoms with E-state index in [9.17, 15) is 14.4 Å². The molecule has 1 atom stereocenters. The largest absolute Gasteiger partial charge is 0.462 e. The van der Waals surface area contributed by atoms with E-state index in [2.05, 4.69) is 118 Å². The minimum atomic E-state index is -0.793. The van der Waals surface area contributed by atoms with E-state index in [1.54, 1.807) is 0 Å². The van der Waals surface area contributed by atoms with Gasteiger partial charge in [-0.1, -0.05) is 279 Å². The summed E-state index contributed by atoms with van der Waals surface area (Å²) in [6.45, 7) is 6.46. The molecule has 0 aliphatic rings. The van der Waals surface area contributed by atoms with Crippen LogP contribution in [0.2, 0.25) is 0 Å². The van der Waals surface area contributed by atoms with Crippen molar-refractivity contribution in [3.63, 3.8) is 0 Å². The minimum absolute atomic E-state index is 0.0871. The lowest BCUT2D eigenvalue weighted by Gasteiger charge is -2.18. The molecule has 0 saturated carbocycles. The zero-order valence-corrected chi connectivity index (χ0v) is 50.7. The summed E-state index contributed by atoms with van der Waals surface area (Å²) in [5.41, 5.74) is 0. The fourth-order valence-corrected chi connectivity index (χ4v) is 9.15. The Morgan fingerprint density at radius 2 is 0.532 bits per heavy atom. The van der Waals surface area contributed by atoms with Crippen LogP contribution in [0, 0.1) is 0 Å². The molecule has 77 heavy (non-hydrogen) atoms. The Kier molecular flexibility index (Phi) is 61.8. The molecule has 6 heteroatoms. The highest BCUT2D eigenvalue weighted by atomic mass is 16.6. The van der Waals surface area contributed by atoms with Gasteiger partial charge in [0.2, 0.25) is 0 Å². The first kappa shape index (κ1) is 73.3. The first-order valence-electron chi connectivity index (χ1n) is 32.7. The van der Waals surface area contributed by atoms with Crippen LogP contribution in [-0.4, -0.2) is 37.2 Å². The Hall–Kier alpha value is -3.67. The van der Waals surface area contributed by atoms with Crippen molar-refractivity contribution in [2.45, 2.75) is 322 Å². The van der Waals surface area contributed by atoms with Crippen LogP contribution in [0.15, 0.2) is 97.2 Å². The molecule has 0 fully saturated rings. The lowest BCUT2D eigenvalue weighted by atomic mass is 10.0. The average Bonchev–Trinajstić information content (AvgIpc) is 3.43. The highest BCUT2D eigenvalue weighted by Crippen LogP contribution is 2.16. The number of carbonyl (C=O) groups excluding carboxylic acids is 3. The molecule has 6 nitrogen and oxygen atoms in total. The van der Waals surface area contributed by atoms with Crippen molar-refractivity contribution < 1.29 is 28.6 Å². The quantitative estimate of drug-likeness (QED) is 0.0261. The third-order valence-corrected chi connectivity index (χ3v) is 14.0.